The molecular formula is C21H27F3N4O2. The second-order valence-electron chi connectivity index (χ2n) is 7.69. The van der Waals surface area contributed by atoms with Gasteiger partial charge in [0.1, 0.15) is 5.75 Å². The van der Waals surface area contributed by atoms with Gasteiger partial charge in [-0.3, -0.25) is 14.4 Å². The molecule has 0 spiro atoms. The van der Waals surface area contributed by atoms with Crippen molar-refractivity contribution < 1.29 is 22.7 Å². The van der Waals surface area contributed by atoms with Crippen LogP contribution in [0.2, 0.25) is 0 Å². The van der Waals surface area contributed by atoms with E-state index in [1.807, 2.05) is 24.3 Å². The van der Waals surface area contributed by atoms with Crippen LogP contribution in [0, 0.1) is 0 Å². The molecule has 1 aromatic carbocycles. The van der Waals surface area contributed by atoms with Crippen molar-refractivity contribution >= 4 is 5.91 Å². The van der Waals surface area contributed by atoms with Gasteiger partial charge >= 0.3 is 6.18 Å². The average molecular weight is 424 g/mol. The molecular weight excluding hydrogens is 397 g/mol. The van der Waals surface area contributed by atoms with Crippen molar-refractivity contribution in [3.8, 4) is 5.75 Å². The molecule has 1 aliphatic rings. The Bertz CT molecular complexity index is 873. The Morgan fingerprint density at radius 2 is 1.97 bits per heavy atom. The molecule has 0 aliphatic carbocycles. The Labute approximate surface area is 174 Å². The maximum atomic E-state index is 13.6. The normalized spacial score (nSPS) is 16.1. The first-order valence-electron chi connectivity index (χ1n) is 10.0. The molecule has 1 saturated heterocycles. The number of carbonyl (C=O) groups excluding carboxylic acids is 1. The van der Waals surface area contributed by atoms with E-state index in [-0.39, 0.29) is 12.6 Å². The van der Waals surface area contributed by atoms with E-state index in [1.54, 1.807) is 21.0 Å². The monoisotopic (exact) mass is 424 g/mol. The van der Waals surface area contributed by atoms with Gasteiger partial charge in [-0.15, -0.1) is 0 Å². The summed E-state index contributed by atoms with van der Waals surface area (Å²) < 4.78 is 46.9. The summed E-state index contributed by atoms with van der Waals surface area (Å²) in [5, 5.41) is 6.50. The lowest BCUT2D eigenvalue weighted by atomic mass is 10.0. The van der Waals surface area contributed by atoms with E-state index in [9.17, 15) is 18.0 Å². The lowest BCUT2D eigenvalue weighted by molar-refractivity contribution is -0.145. The van der Waals surface area contributed by atoms with Gasteiger partial charge in [0.25, 0.3) is 5.91 Å². The Kier molecular flexibility index (Phi) is 6.70. The highest BCUT2D eigenvalue weighted by Crippen LogP contribution is 2.34. The summed E-state index contributed by atoms with van der Waals surface area (Å²) in [5.41, 5.74) is -0.526. The first kappa shape index (κ1) is 22.1. The van der Waals surface area contributed by atoms with Crippen LogP contribution < -0.4 is 10.1 Å². The molecule has 2 heterocycles. The summed E-state index contributed by atoms with van der Waals surface area (Å²) in [6.45, 7) is 5.12. The zero-order valence-corrected chi connectivity index (χ0v) is 17.4. The fourth-order valence-corrected chi connectivity index (χ4v) is 3.85. The first-order valence-corrected chi connectivity index (χ1v) is 10.0. The van der Waals surface area contributed by atoms with Crippen molar-refractivity contribution in [1.29, 1.82) is 0 Å². The van der Waals surface area contributed by atoms with Gasteiger partial charge in [0.15, 0.2) is 5.69 Å². The van der Waals surface area contributed by atoms with Gasteiger partial charge in [-0.25, -0.2) is 0 Å². The number of ether oxygens (including phenoxy) is 1. The third kappa shape index (κ3) is 4.77. The quantitative estimate of drug-likeness (QED) is 0.728. The number of halogens is 3. The second-order valence-corrected chi connectivity index (χ2v) is 7.69. The van der Waals surface area contributed by atoms with E-state index in [2.05, 4.69) is 15.3 Å². The summed E-state index contributed by atoms with van der Waals surface area (Å²) in [6.07, 6.45) is -1.58. The number of benzene rings is 1. The van der Waals surface area contributed by atoms with Gasteiger partial charge in [-0.1, -0.05) is 12.1 Å². The van der Waals surface area contributed by atoms with Gasteiger partial charge in [0.05, 0.1) is 24.9 Å². The maximum absolute atomic E-state index is 13.6. The standard InChI is InChI=1S/C21H27F3N4O2/c1-14(2)28-19(21(22,23)24)17(12-26-28)20(29)25-13-18(27-9-4-5-10-27)15-7-6-8-16(11-15)30-3/h6-8,11-12,14,18H,4-5,9-10,13H2,1-3H3,(H,25,29). The van der Waals surface area contributed by atoms with Gasteiger partial charge < -0.3 is 10.1 Å². The molecule has 1 aromatic heterocycles. The molecule has 2 aromatic rings. The van der Waals surface area contributed by atoms with E-state index < -0.39 is 29.4 Å². The number of nitrogens with one attached hydrogen (secondary N) is 1. The maximum Gasteiger partial charge on any atom is 0.433 e. The molecule has 0 saturated carbocycles. The molecule has 9 heteroatoms. The number of aromatic nitrogens is 2. The number of rotatable bonds is 7. The first-order chi connectivity index (χ1) is 14.2. The number of amides is 1. The molecule has 1 amide bonds. The Hall–Kier alpha value is -2.55. The summed E-state index contributed by atoms with van der Waals surface area (Å²) in [6, 6.07) is 6.87. The summed E-state index contributed by atoms with van der Waals surface area (Å²) >= 11 is 0. The highest BCUT2D eigenvalue weighted by atomic mass is 19.4. The molecule has 1 aliphatic heterocycles. The average Bonchev–Trinajstić information content (AvgIpc) is 3.38. The van der Waals surface area contributed by atoms with Gasteiger partial charge in [-0.05, 0) is 57.5 Å². The third-order valence-electron chi connectivity index (χ3n) is 5.31. The van der Waals surface area contributed by atoms with Crippen molar-refractivity contribution in [1.82, 2.24) is 20.0 Å². The Morgan fingerprint density at radius 3 is 2.57 bits per heavy atom. The number of hydrogen-bond acceptors (Lipinski definition) is 4. The van der Waals surface area contributed by atoms with Crippen molar-refractivity contribution in [2.45, 2.75) is 44.9 Å². The van der Waals surface area contributed by atoms with Gasteiger partial charge in [0.2, 0.25) is 0 Å². The number of hydrogen-bond donors (Lipinski definition) is 1. The molecule has 3 rings (SSSR count). The van der Waals surface area contributed by atoms with Gasteiger partial charge in [-0.2, -0.15) is 18.3 Å². The predicted molar refractivity (Wildman–Crippen MR) is 106 cm³/mol. The summed E-state index contributed by atoms with van der Waals surface area (Å²) in [7, 11) is 1.58. The number of nitrogens with zero attached hydrogens (tertiary/aromatic N) is 3. The molecule has 1 unspecified atom stereocenters. The third-order valence-corrected chi connectivity index (χ3v) is 5.31. The number of alkyl halides is 3. The van der Waals surface area contributed by atoms with Crippen LogP contribution in [0.4, 0.5) is 13.2 Å². The van der Waals surface area contributed by atoms with Crippen LogP contribution >= 0.6 is 0 Å². The smallest absolute Gasteiger partial charge is 0.433 e. The highest BCUT2D eigenvalue weighted by Gasteiger charge is 2.40. The lowest BCUT2D eigenvalue weighted by Crippen LogP contribution is -2.37. The largest absolute Gasteiger partial charge is 0.497 e. The number of likely N-dealkylation sites (tertiary alicyclic amines) is 1. The van der Waals surface area contributed by atoms with Crippen LogP contribution in [0.15, 0.2) is 30.5 Å². The van der Waals surface area contributed by atoms with Crippen LogP contribution in [0.1, 0.15) is 60.4 Å². The number of carbonyl (C=O) groups is 1. The molecule has 30 heavy (non-hydrogen) atoms. The topological polar surface area (TPSA) is 59.4 Å². The van der Waals surface area contributed by atoms with Crippen LogP contribution in [0.5, 0.6) is 5.75 Å². The minimum absolute atomic E-state index is 0.152. The molecule has 0 radical (unpaired) electrons. The van der Waals surface area contributed by atoms with E-state index >= 15 is 0 Å². The minimum atomic E-state index is -4.67. The van der Waals surface area contributed by atoms with Crippen LogP contribution in [-0.2, 0) is 6.18 Å². The molecule has 6 nitrogen and oxygen atoms in total. The molecule has 0 bridgehead atoms. The fraction of sp³-hybridized carbons (Fsp3) is 0.524. The zero-order chi connectivity index (χ0) is 21.9. The van der Waals surface area contributed by atoms with Crippen molar-refractivity contribution in [2.24, 2.45) is 0 Å². The van der Waals surface area contributed by atoms with Crippen LogP contribution in [0.3, 0.4) is 0 Å². The SMILES string of the molecule is COc1cccc(C(CNC(=O)c2cnn(C(C)C)c2C(F)(F)F)N2CCCC2)c1. The van der Waals surface area contributed by atoms with Crippen molar-refractivity contribution in [2.75, 3.05) is 26.7 Å². The van der Waals surface area contributed by atoms with Crippen molar-refractivity contribution in [3.63, 3.8) is 0 Å². The molecule has 1 atom stereocenters. The zero-order valence-electron chi connectivity index (χ0n) is 17.4. The summed E-state index contributed by atoms with van der Waals surface area (Å²) in [5.74, 6) is -0.0816. The fourth-order valence-electron chi connectivity index (χ4n) is 3.85. The predicted octanol–water partition coefficient (Wildman–Crippen LogP) is 4.06. The Balaban J connectivity index is 1.83. The van der Waals surface area contributed by atoms with Crippen LogP contribution in [0.25, 0.3) is 0 Å². The molecule has 1 fully saturated rings. The van der Waals surface area contributed by atoms with E-state index in [0.29, 0.717) is 5.75 Å². The second kappa shape index (κ2) is 9.07. The number of methoxy groups -OCH3 is 1. The van der Waals surface area contributed by atoms with Gasteiger partial charge in [0, 0.05) is 12.6 Å². The Morgan fingerprint density at radius 1 is 1.27 bits per heavy atom. The van der Waals surface area contributed by atoms with E-state index in [4.69, 9.17) is 4.74 Å². The van der Waals surface area contributed by atoms with E-state index in [0.717, 1.165) is 42.4 Å². The highest BCUT2D eigenvalue weighted by molar-refractivity contribution is 5.95. The lowest BCUT2D eigenvalue weighted by Gasteiger charge is -2.28. The summed E-state index contributed by atoms with van der Waals surface area (Å²) in [4.78, 5) is 14.9. The molecule has 164 valence electrons. The minimum Gasteiger partial charge on any atom is -0.497 e. The van der Waals surface area contributed by atoms with E-state index in [1.165, 1.54) is 0 Å². The molecule has 1 N–H and O–H groups in total. The van der Waals surface area contributed by atoms with Crippen molar-refractivity contribution in [3.05, 3.63) is 47.3 Å². The van der Waals surface area contributed by atoms with Crippen LogP contribution in [-0.4, -0.2) is 47.3 Å².